The number of imide groups is 1. The van der Waals surface area contributed by atoms with E-state index >= 15 is 0 Å². The summed E-state index contributed by atoms with van der Waals surface area (Å²) in [5.41, 5.74) is 1.12. The van der Waals surface area contributed by atoms with Gasteiger partial charge in [0.05, 0.1) is 5.57 Å². The molecule has 24 heavy (non-hydrogen) atoms. The highest BCUT2D eigenvalue weighted by Crippen LogP contribution is 2.28. The van der Waals surface area contributed by atoms with E-state index in [1.54, 1.807) is 12.1 Å². The fraction of sp³-hybridized carbons (Fsp3) is 0.111. The highest BCUT2D eigenvalue weighted by molar-refractivity contribution is 6.34. The first-order chi connectivity index (χ1) is 11.5. The van der Waals surface area contributed by atoms with E-state index in [-0.39, 0.29) is 12.1 Å². The number of amides is 2. The molecule has 0 aliphatic carbocycles. The van der Waals surface area contributed by atoms with Crippen LogP contribution in [0.2, 0.25) is 5.02 Å². The number of aliphatic hydroxyl groups is 1. The summed E-state index contributed by atoms with van der Waals surface area (Å²) in [6.07, 6.45) is 0.443. The van der Waals surface area contributed by atoms with Crippen molar-refractivity contribution in [2.75, 3.05) is 6.54 Å². The third-order valence-electron chi connectivity index (χ3n) is 3.81. The number of rotatable bonds is 4. The van der Waals surface area contributed by atoms with E-state index in [4.69, 9.17) is 11.6 Å². The van der Waals surface area contributed by atoms with Crippen molar-refractivity contribution in [2.45, 2.75) is 6.42 Å². The number of hydrogen-bond acceptors (Lipinski definition) is 3. The number of carbonyl (C=O) groups is 2. The van der Waals surface area contributed by atoms with E-state index in [0.717, 1.165) is 10.5 Å². The zero-order valence-electron chi connectivity index (χ0n) is 12.5. The first-order valence-corrected chi connectivity index (χ1v) is 7.65. The second-order valence-electron chi connectivity index (χ2n) is 5.37. The van der Waals surface area contributed by atoms with Crippen molar-refractivity contribution in [1.82, 2.24) is 4.90 Å². The van der Waals surface area contributed by atoms with Crippen molar-refractivity contribution in [2.24, 2.45) is 0 Å². The molecule has 2 aromatic carbocycles. The molecule has 1 aliphatic rings. The third-order valence-corrected chi connectivity index (χ3v) is 4.07. The molecule has 0 saturated heterocycles. The Bertz CT molecular complexity index is 828. The molecule has 122 valence electrons. The largest absolute Gasteiger partial charge is 0.502 e. The van der Waals surface area contributed by atoms with E-state index in [1.807, 2.05) is 12.1 Å². The Morgan fingerprint density at radius 3 is 2.21 bits per heavy atom. The quantitative estimate of drug-likeness (QED) is 0.864. The van der Waals surface area contributed by atoms with Gasteiger partial charge in [-0.15, -0.1) is 0 Å². The van der Waals surface area contributed by atoms with Gasteiger partial charge in [0.15, 0.2) is 5.76 Å². The fourth-order valence-electron chi connectivity index (χ4n) is 2.54. The zero-order valence-corrected chi connectivity index (χ0v) is 13.3. The molecule has 0 radical (unpaired) electrons. The number of nitrogens with zero attached hydrogens (tertiary/aromatic N) is 1. The minimum Gasteiger partial charge on any atom is -0.502 e. The Balaban J connectivity index is 1.78. The highest BCUT2D eigenvalue weighted by atomic mass is 35.5. The summed E-state index contributed by atoms with van der Waals surface area (Å²) in [6, 6.07) is 12.1. The third kappa shape index (κ3) is 3.03. The lowest BCUT2D eigenvalue weighted by Crippen LogP contribution is -2.33. The summed E-state index contributed by atoms with van der Waals surface area (Å²) in [7, 11) is 0. The molecule has 0 unspecified atom stereocenters. The van der Waals surface area contributed by atoms with Crippen LogP contribution in [0.3, 0.4) is 0 Å². The van der Waals surface area contributed by atoms with Crippen LogP contribution < -0.4 is 0 Å². The maximum absolute atomic E-state index is 13.0. The number of carbonyl (C=O) groups excluding carboxylic acids is 2. The van der Waals surface area contributed by atoms with E-state index in [1.165, 1.54) is 24.3 Å². The van der Waals surface area contributed by atoms with E-state index in [0.29, 0.717) is 17.0 Å². The van der Waals surface area contributed by atoms with Gasteiger partial charge in [0.25, 0.3) is 11.8 Å². The Labute approximate surface area is 142 Å². The Hall–Kier alpha value is -2.66. The molecule has 0 fully saturated rings. The summed E-state index contributed by atoms with van der Waals surface area (Å²) >= 11 is 5.82. The molecular weight excluding hydrogens is 333 g/mol. The molecule has 0 spiro atoms. The lowest BCUT2D eigenvalue weighted by Gasteiger charge is -2.14. The van der Waals surface area contributed by atoms with Gasteiger partial charge < -0.3 is 5.11 Å². The molecule has 1 heterocycles. The monoisotopic (exact) mass is 345 g/mol. The van der Waals surface area contributed by atoms with Gasteiger partial charge in [-0.2, -0.15) is 0 Å². The molecule has 0 atom stereocenters. The molecule has 0 saturated carbocycles. The molecular formula is C18H13ClFNO3. The Kier molecular flexibility index (Phi) is 4.36. The Morgan fingerprint density at radius 2 is 1.58 bits per heavy atom. The molecule has 1 aliphatic heterocycles. The van der Waals surface area contributed by atoms with Gasteiger partial charge in [-0.05, 0) is 41.8 Å². The predicted molar refractivity (Wildman–Crippen MR) is 87.8 cm³/mol. The molecule has 2 aromatic rings. The van der Waals surface area contributed by atoms with Crippen molar-refractivity contribution >= 4 is 29.0 Å². The van der Waals surface area contributed by atoms with Gasteiger partial charge in [-0.3, -0.25) is 14.5 Å². The SMILES string of the molecule is O=C1C(O)=C(c2ccc(F)cc2)C(=O)N1CCc1ccc(Cl)cc1. The van der Waals surface area contributed by atoms with Gasteiger partial charge in [0, 0.05) is 11.6 Å². The minimum absolute atomic E-state index is 0.101. The van der Waals surface area contributed by atoms with Gasteiger partial charge in [0.2, 0.25) is 0 Å². The summed E-state index contributed by atoms with van der Waals surface area (Å²) in [5, 5.41) is 10.6. The van der Waals surface area contributed by atoms with Crippen LogP contribution in [-0.2, 0) is 16.0 Å². The van der Waals surface area contributed by atoms with Crippen LogP contribution in [0.4, 0.5) is 4.39 Å². The smallest absolute Gasteiger partial charge is 0.296 e. The number of benzene rings is 2. The topological polar surface area (TPSA) is 57.6 Å². The van der Waals surface area contributed by atoms with Gasteiger partial charge >= 0.3 is 0 Å². The summed E-state index contributed by atoms with van der Waals surface area (Å²) in [6.45, 7) is 0.133. The van der Waals surface area contributed by atoms with E-state index in [2.05, 4.69) is 0 Å². The number of aliphatic hydroxyl groups excluding tert-OH is 1. The standard InChI is InChI=1S/C18H13ClFNO3/c19-13-5-1-11(2-6-13)9-10-21-17(23)15(16(22)18(21)24)12-3-7-14(20)8-4-12/h1-8,22H,9-10H2. The van der Waals surface area contributed by atoms with Crippen LogP contribution in [-0.4, -0.2) is 28.4 Å². The summed E-state index contributed by atoms with van der Waals surface area (Å²) in [4.78, 5) is 25.6. The van der Waals surface area contributed by atoms with Crippen LogP contribution >= 0.6 is 11.6 Å². The first kappa shape index (κ1) is 16.2. The predicted octanol–water partition coefficient (Wildman–Crippen LogP) is 3.36. The lowest BCUT2D eigenvalue weighted by molar-refractivity contribution is -0.138. The average molecular weight is 346 g/mol. The van der Waals surface area contributed by atoms with Crippen LogP contribution in [0.1, 0.15) is 11.1 Å². The second-order valence-corrected chi connectivity index (χ2v) is 5.81. The summed E-state index contributed by atoms with van der Waals surface area (Å²) < 4.78 is 13.0. The van der Waals surface area contributed by atoms with E-state index < -0.39 is 23.4 Å². The number of hydrogen-bond donors (Lipinski definition) is 1. The lowest BCUT2D eigenvalue weighted by atomic mass is 10.1. The maximum atomic E-state index is 13.0. The maximum Gasteiger partial charge on any atom is 0.296 e. The first-order valence-electron chi connectivity index (χ1n) is 7.27. The van der Waals surface area contributed by atoms with Gasteiger partial charge in [-0.1, -0.05) is 35.9 Å². The molecule has 2 amide bonds. The minimum atomic E-state index is -0.742. The van der Waals surface area contributed by atoms with Crippen molar-refractivity contribution in [3.05, 3.63) is 76.3 Å². The van der Waals surface area contributed by atoms with Crippen LogP contribution in [0.25, 0.3) is 5.57 Å². The van der Waals surface area contributed by atoms with Crippen molar-refractivity contribution < 1.29 is 19.1 Å². The molecule has 3 rings (SSSR count). The molecule has 1 N–H and O–H groups in total. The van der Waals surface area contributed by atoms with E-state index in [9.17, 15) is 19.1 Å². The highest BCUT2D eigenvalue weighted by Gasteiger charge is 2.38. The molecule has 0 aromatic heterocycles. The summed E-state index contributed by atoms with van der Waals surface area (Å²) in [5.74, 6) is -2.40. The van der Waals surface area contributed by atoms with Crippen LogP contribution in [0.15, 0.2) is 54.3 Å². The van der Waals surface area contributed by atoms with Gasteiger partial charge in [0.1, 0.15) is 5.82 Å². The molecule has 6 heteroatoms. The number of halogens is 2. The Morgan fingerprint density at radius 1 is 0.958 bits per heavy atom. The average Bonchev–Trinajstić information content (AvgIpc) is 2.78. The molecule has 0 bridgehead atoms. The van der Waals surface area contributed by atoms with Crippen molar-refractivity contribution in [1.29, 1.82) is 0 Å². The zero-order chi connectivity index (χ0) is 17.3. The second kappa shape index (κ2) is 6.45. The molecule has 4 nitrogen and oxygen atoms in total. The van der Waals surface area contributed by atoms with Gasteiger partial charge in [-0.25, -0.2) is 4.39 Å². The van der Waals surface area contributed by atoms with Crippen LogP contribution in [0, 0.1) is 5.82 Å². The van der Waals surface area contributed by atoms with Crippen LogP contribution in [0.5, 0.6) is 0 Å². The van der Waals surface area contributed by atoms with Crippen molar-refractivity contribution in [3.8, 4) is 0 Å². The van der Waals surface area contributed by atoms with Crippen molar-refractivity contribution in [3.63, 3.8) is 0 Å². The fourth-order valence-corrected chi connectivity index (χ4v) is 2.66. The normalized spacial score (nSPS) is 14.7.